The Balaban J connectivity index is 1.16. The molecule has 0 aliphatic carbocycles. The molecule has 11 rings (SSSR count). The van der Waals surface area contributed by atoms with Crippen molar-refractivity contribution in [3.8, 4) is 44.5 Å². The first kappa shape index (κ1) is 33.2. The van der Waals surface area contributed by atoms with Crippen molar-refractivity contribution in [1.82, 2.24) is 0 Å². The molecule has 0 bridgehead atoms. The van der Waals surface area contributed by atoms with Gasteiger partial charge in [0.1, 0.15) is 11.2 Å². The molecule has 0 aliphatic heterocycles. The van der Waals surface area contributed by atoms with Crippen LogP contribution < -0.4 is 4.90 Å². The molecule has 2 nitrogen and oxygen atoms in total. The molecule has 3 heteroatoms. The van der Waals surface area contributed by atoms with Crippen molar-refractivity contribution in [1.29, 1.82) is 0 Å². The van der Waals surface area contributed by atoms with Crippen LogP contribution in [0.15, 0.2) is 217 Å². The van der Waals surface area contributed by atoms with Gasteiger partial charge in [-0.2, -0.15) is 0 Å². The van der Waals surface area contributed by atoms with E-state index in [1.807, 2.05) is 11.3 Å². The van der Waals surface area contributed by atoms with E-state index in [4.69, 9.17) is 4.42 Å². The lowest BCUT2D eigenvalue weighted by Gasteiger charge is -2.27. The van der Waals surface area contributed by atoms with Crippen LogP contribution in [-0.4, -0.2) is 0 Å². The minimum absolute atomic E-state index is 0.864. The van der Waals surface area contributed by atoms with Crippen LogP contribution in [0.5, 0.6) is 0 Å². The third kappa shape index (κ3) is 5.80. The van der Waals surface area contributed by atoms with Crippen molar-refractivity contribution in [3.63, 3.8) is 0 Å². The van der Waals surface area contributed by atoms with E-state index in [2.05, 4.69) is 217 Å². The van der Waals surface area contributed by atoms with E-state index in [0.717, 1.165) is 61.3 Å². The predicted octanol–water partition coefficient (Wildman–Crippen LogP) is 16.1. The fourth-order valence-electron chi connectivity index (χ4n) is 8.33. The Labute approximate surface area is 335 Å². The molecule has 0 radical (unpaired) electrons. The van der Waals surface area contributed by atoms with Gasteiger partial charge < -0.3 is 9.32 Å². The summed E-state index contributed by atoms with van der Waals surface area (Å²) in [6.45, 7) is 0. The second-order valence-corrected chi connectivity index (χ2v) is 15.5. The Hall–Kier alpha value is -7.20. The molecule has 11 aromatic rings. The van der Waals surface area contributed by atoms with E-state index in [0.29, 0.717) is 0 Å². The fourth-order valence-corrected chi connectivity index (χ4v) is 9.55. The third-order valence-corrected chi connectivity index (χ3v) is 12.3. The molecule has 0 saturated heterocycles. The second-order valence-electron chi connectivity index (χ2n) is 14.5. The third-order valence-electron chi connectivity index (χ3n) is 11.1. The van der Waals surface area contributed by atoms with E-state index in [1.165, 1.54) is 42.4 Å². The largest absolute Gasteiger partial charge is 0.455 e. The van der Waals surface area contributed by atoms with Crippen LogP contribution in [0.3, 0.4) is 0 Å². The zero-order valence-electron chi connectivity index (χ0n) is 31.0. The minimum atomic E-state index is 0.864. The van der Waals surface area contributed by atoms with Crippen molar-refractivity contribution in [2.45, 2.75) is 0 Å². The zero-order valence-corrected chi connectivity index (χ0v) is 31.8. The molecule has 0 atom stereocenters. The normalized spacial score (nSPS) is 11.5. The van der Waals surface area contributed by atoms with Crippen molar-refractivity contribution in [2.24, 2.45) is 0 Å². The maximum Gasteiger partial charge on any atom is 0.145 e. The molecule has 268 valence electrons. The van der Waals surface area contributed by atoms with Gasteiger partial charge >= 0.3 is 0 Å². The summed E-state index contributed by atoms with van der Waals surface area (Å²) in [6.07, 6.45) is 0. The summed E-state index contributed by atoms with van der Waals surface area (Å²) < 4.78 is 9.56. The molecule has 2 aromatic heterocycles. The highest BCUT2D eigenvalue weighted by molar-refractivity contribution is 7.26. The van der Waals surface area contributed by atoms with Gasteiger partial charge in [-0.3, -0.25) is 0 Å². The Morgan fingerprint density at radius 3 is 1.63 bits per heavy atom. The van der Waals surface area contributed by atoms with Gasteiger partial charge in [0.05, 0.1) is 11.1 Å². The molecule has 9 aromatic carbocycles. The van der Waals surface area contributed by atoms with Crippen LogP contribution in [0.25, 0.3) is 86.6 Å². The fraction of sp³-hybridized carbons (Fsp3) is 0. The highest BCUT2D eigenvalue weighted by atomic mass is 32.1. The summed E-state index contributed by atoms with van der Waals surface area (Å²) in [7, 11) is 0. The number of hydrogen-bond donors (Lipinski definition) is 0. The Morgan fingerprint density at radius 2 is 0.947 bits per heavy atom. The van der Waals surface area contributed by atoms with Crippen LogP contribution in [0.1, 0.15) is 0 Å². The predicted molar refractivity (Wildman–Crippen MR) is 243 cm³/mol. The first-order valence-corrected chi connectivity index (χ1v) is 20.1. The lowest BCUT2D eigenvalue weighted by atomic mass is 9.98. The Bertz CT molecular complexity index is 3200. The number of fused-ring (bicyclic) bond motifs is 6. The summed E-state index contributed by atoms with van der Waals surface area (Å²) in [5.41, 5.74) is 14.3. The maximum atomic E-state index is 6.99. The molecule has 0 spiro atoms. The number of benzene rings is 9. The average Bonchev–Trinajstić information content (AvgIpc) is 3.86. The molecule has 0 N–H and O–H groups in total. The molecule has 0 unspecified atom stereocenters. The van der Waals surface area contributed by atoms with Crippen LogP contribution in [0.4, 0.5) is 17.1 Å². The van der Waals surface area contributed by atoms with E-state index < -0.39 is 0 Å². The molecule has 0 fully saturated rings. The van der Waals surface area contributed by atoms with Crippen LogP contribution in [0.2, 0.25) is 0 Å². The van der Waals surface area contributed by atoms with E-state index in [1.54, 1.807) is 0 Å². The smallest absolute Gasteiger partial charge is 0.145 e. The highest BCUT2D eigenvalue weighted by Gasteiger charge is 2.23. The Morgan fingerprint density at radius 1 is 0.368 bits per heavy atom. The second kappa shape index (κ2) is 13.8. The van der Waals surface area contributed by atoms with Gasteiger partial charge in [0.2, 0.25) is 0 Å². The molecule has 0 amide bonds. The monoisotopic (exact) mass is 745 g/mol. The molecular weight excluding hydrogens is 711 g/mol. The number of furan rings is 1. The van der Waals surface area contributed by atoms with Gasteiger partial charge in [0.25, 0.3) is 0 Å². The summed E-state index contributed by atoms with van der Waals surface area (Å²) >= 11 is 1.87. The van der Waals surface area contributed by atoms with E-state index in [9.17, 15) is 0 Å². The summed E-state index contributed by atoms with van der Waals surface area (Å²) in [5, 5.41) is 4.68. The van der Waals surface area contributed by atoms with E-state index in [-0.39, 0.29) is 0 Å². The summed E-state index contributed by atoms with van der Waals surface area (Å²) in [6, 6.07) is 76.2. The lowest BCUT2D eigenvalue weighted by Crippen LogP contribution is -2.10. The van der Waals surface area contributed by atoms with Crippen LogP contribution in [0, 0.1) is 0 Å². The van der Waals surface area contributed by atoms with Crippen molar-refractivity contribution in [3.05, 3.63) is 212 Å². The molecule has 0 aliphatic rings. The van der Waals surface area contributed by atoms with Crippen molar-refractivity contribution in [2.75, 3.05) is 4.90 Å². The van der Waals surface area contributed by atoms with Gasteiger partial charge in [-0.25, -0.2) is 0 Å². The maximum absolute atomic E-state index is 6.99. The summed E-state index contributed by atoms with van der Waals surface area (Å²) in [5.74, 6) is 0. The first-order chi connectivity index (χ1) is 28.3. The quantitative estimate of drug-likeness (QED) is 0.162. The van der Waals surface area contributed by atoms with Crippen LogP contribution >= 0.6 is 11.3 Å². The van der Waals surface area contributed by atoms with Gasteiger partial charge in [-0.15, -0.1) is 11.3 Å². The van der Waals surface area contributed by atoms with Crippen LogP contribution in [-0.2, 0) is 0 Å². The number of thiophene rings is 1. The zero-order chi connectivity index (χ0) is 37.7. The Kier molecular flexibility index (Phi) is 8.04. The highest BCUT2D eigenvalue weighted by Crippen LogP contribution is 2.48. The topological polar surface area (TPSA) is 16.4 Å². The average molecular weight is 746 g/mol. The standard InChI is InChI=1S/C54H35NOS/c1-5-14-36(15-6-1)38-24-27-42(28-25-38)55(43-29-33-51-48(35-43)46-23-13-22-45(54(46)57-51)40-20-11-4-12-21-40)49-32-31-44(39-18-9-3-10-19-39)53-52(49)47-30-26-41(34-50(47)56-53)37-16-7-2-8-17-37/h1-35H. The number of nitrogens with zero attached hydrogens (tertiary/aromatic N) is 1. The molecule has 57 heavy (non-hydrogen) atoms. The van der Waals surface area contributed by atoms with Crippen molar-refractivity contribution >= 4 is 70.5 Å². The first-order valence-electron chi connectivity index (χ1n) is 19.3. The number of anilines is 3. The SMILES string of the molecule is c1ccc(-c2ccc(N(c3ccc4sc5c(-c6ccccc6)cccc5c4c3)c3ccc(-c4ccccc4)c4oc5cc(-c6ccccc6)ccc5c34)cc2)cc1. The van der Waals surface area contributed by atoms with Gasteiger partial charge in [0, 0.05) is 42.5 Å². The minimum Gasteiger partial charge on any atom is -0.455 e. The summed E-state index contributed by atoms with van der Waals surface area (Å²) in [4.78, 5) is 2.41. The van der Waals surface area contributed by atoms with Gasteiger partial charge in [-0.1, -0.05) is 158 Å². The van der Waals surface area contributed by atoms with E-state index >= 15 is 0 Å². The van der Waals surface area contributed by atoms with Gasteiger partial charge in [0.15, 0.2) is 0 Å². The molecule has 0 saturated carbocycles. The molecule has 2 heterocycles. The van der Waals surface area contributed by atoms with Crippen molar-refractivity contribution < 1.29 is 4.42 Å². The number of rotatable bonds is 7. The number of hydrogen-bond acceptors (Lipinski definition) is 3. The molecular formula is C54H35NOS. The lowest BCUT2D eigenvalue weighted by molar-refractivity contribution is 0.670. The van der Waals surface area contributed by atoms with Gasteiger partial charge in [-0.05, 0) is 93.5 Å².